The van der Waals surface area contributed by atoms with E-state index in [1.165, 1.54) is 0 Å². The van der Waals surface area contributed by atoms with Crippen LogP contribution < -0.4 is 4.90 Å². The van der Waals surface area contributed by atoms with Crippen LogP contribution in [0.1, 0.15) is 25.7 Å². The first kappa shape index (κ1) is 15.2. The molecule has 21 heavy (non-hydrogen) atoms. The lowest BCUT2D eigenvalue weighted by Gasteiger charge is -2.37. The highest BCUT2D eigenvalue weighted by Crippen LogP contribution is 2.33. The Labute approximate surface area is 134 Å². The van der Waals surface area contributed by atoms with Gasteiger partial charge in [0.05, 0.1) is 9.72 Å². The summed E-state index contributed by atoms with van der Waals surface area (Å²) in [7, 11) is -1.33. The third kappa shape index (κ3) is 3.10. The third-order valence-electron chi connectivity index (χ3n) is 4.36. The normalized spacial score (nSPS) is 21.0. The van der Waals surface area contributed by atoms with Gasteiger partial charge in [0, 0.05) is 32.4 Å². The molecule has 0 spiro atoms. The third-order valence-corrected chi connectivity index (χ3v) is 7.40. The standard InChI is InChI=1S/C14H20BrN3O2S/c1-17(21(19,20)12-4-5-12)11-6-9-18(10-7-11)14-13(15)3-2-8-16-14/h2-3,8,11-12H,4-7,9-10H2,1H3. The van der Waals surface area contributed by atoms with Crippen LogP contribution in [0.15, 0.2) is 22.8 Å². The van der Waals surface area contributed by atoms with Crippen LogP contribution >= 0.6 is 15.9 Å². The van der Waals surface area contributed by atoms with Gasteiger partial charge in [-0.2, -0.15) is 0 Å². The monoisotopic (exact) mass is 373 g/mol. The molecule has 1 saturated heterocycles. The molecule has 2 fully saturated rings. The minimum atomic E-state index is -3.07. The van der Waals surface area contributed by atoms with E-state index in [1.54, 1.807) is 17.5 Å². The highest BCUT2D eigenvalue weighted by atomic mass is 79.9. The van der Waals surface area contributed by atoms with E-state index < -0.39 is 10.0 Å². The fourth-order valence-corrected chi connectivity index (χ4v) is 5.19. The number of piperidine rings is 1. The van der Waals surface area contributed by atoms with Crippen molar-refractivity contribution in [2.45, 2.75) is 37.0 Å². The van der Waals surface area contributed by atoms with Gasteiger partial charge in [-0.25, -0.2) is 17.7 Å². The molecule has 0 atom stereocenters. The van der Waals surface area contributed by atoms with Crippen LogP contribution in [0, 0.1) is 0 Å². The minimum Gasteiger partial charge on any atom is -0.356 e. The predicted molar refractivity (Wildman–Crippen MR) is 86.9 cm³/mol. The van der Waals surface area contributed by atoms with Gasteiger partial charge in [-0.15, -0.1) is 0 Å². The Morgan fingerprint density at radius 3 is 2.52 bits per heavy atom. The number of halogens is 1. The van der Waals surface area contributed by atoms with Crippen molar-refractivity contribution in [1.82, 2.24) is 9.29 Å². The predicted octanol–water partition coefficient (Wildman–Crippen LogP) is 2.24. The number of anilines is 1. The van der Waals surface area contributed by atoms with Crippen LogP contribution in [0.3, 0.4) is 0 Å². The molecule has 0 radical (unpaired) electrons. The van der Waals surface area contributed by atoms with Gasteiger partial charge in [0.1, 0.15) is 5.82 Å². The zero-order valence-corrected chi connectivity index (χ0v) is 14.5. The van der Waals surface area contributed by atoms with E-state index >= 15 is 0 Å². The van der Waals surface area contributed by atoms with Crippen molar-refractivity contribution in [2.75, 3.05) is 25.0 Å². The Morgan fingerprint density at radius 2 is 1.95 bits per heavy atom. The molecule has 0 unspecified atom stereocenters. The molecule has 1 saturated carbocycles. The summed E-state index contributed by atoms with van der Waals surface area (Å²) in [4.78, 5) is 6.63. The molecule has 1 aromatic rings. The number of sulfonamides is 1. The average Bonchev–Trinajstić information content (AvgIpc) is 3.32. The second-order valence-electron chi connectivity index (χ2n) is 5.79. The summed E-state index contributed by atoms with van der Waals surface area (Å²) in [6.07, 6.45) is 5.14. The van der Waals surface area contributed by atoms with Crippen molar-refractivity contribution in [3.8, 4) is 0 Å². The summed E-state index contributed by atoms with van der Waals surface area (Å²) in [5, 5.41) is -0.120. The molecule has 0 N–H and O–H groups in total. The Kier molecular flexibility index (Phi) is 4.25. The maximum absolute atomic E-state index is 12.3. The van der Waals surface area contributed by atoms with Crippen LogP contribution in [0.25, 0.3) is 0 Å². The second kappa shape index (κ2) is 5.85. The minimum absolute atomic E-state index is 0.120. The van der Waals surface area contributed by atoms with E-state index in [0.29, 0.717) is 0 Å². The second-order valence-corrected chi connectivity index (χ2v) is 8.91. The van der Waals surface area contributed by atoms with Crippen LogP contribution in [0.5, 0.6) is 0 Å². The van der Waals surface area contributed by atoms with Crippen molar-refractivity contribution in [2.24, 2.45) is 0 Å². The highest BCUT2D eigenvalue weighted by Gasteiger charge is 2.41. The molecule has 3 rings (SSSR count). The molecular weight excluding hydrogens is 354 g/mol. The average molecular weight is 374 g/mol. The first-order valence-electron chi connectivity index (χ1n) is 7.32. The van der Waals surface area contributed by atoms with Crippen molar-refractivity contribution in [1.29, 1.82) is 0 Å². The summed E-state index contributed by atoms with van der Waals surface area (Å²) in [5.74, 6) is 0.948. The number of aromatic nitrogens is 1. The van der Waals surface area contributed by atoms with Crippen LogP contribution in [-0.4, -0.2) is 49.1 Å². The SMILES string of the molecule is CN(C1CCN(c2ncccc2Br)CC1)S(=O)(=O)C1CC1. The number of nitrogens with zero attached hydrogens (tertiary/aromatic N) is 3. The van der Waals surface area contributed by atoms with E-state index in [2.05, 4.69) is 25.8 Å². The van der Waals surface area contributed by atoms with Gasteiger partial charge in [0.2, 0.25) is 10.0 Å². The number of hydrogen-bond acceptors (Lipinski definition) is 4. The zero-order valence-electron chi connectivity index (χ0n) is 12.1. The molecular formula is C14H20BrN3O2S. The molecule has 1 aliphatic carbocycles. The number of rotatable bonds is 4. The topological polar surface area (TPSA) is 53.5 Å². The summed E-state index contributed by atoms with van der Waals surface area (Å²) in [6, 6.07) is 4.00. The molecule has 116 valence electrons. The van der Waals surface area contributed by atoms with Gasteiger partial charge in [0.15, 0.2) is 0 Å². The highest BCUT2D eigenvalue weighted by molar-refractivity contribution is 9.10. The van der Waals surface area contributed by atoms with Gasteiger partial charge >= 0.3 is 0 Å². The van der Waals surface area contributed by atoms with E-state index in [0.717, 1.165) is 49.1 Å². The maximum Gasteiger partial charge on any atom is 0.216 e. The molecule has 2 aliphatic rings. The zero-order chi connectivity index (χ0) is 15.0. The molecule has 0 amide bonds. The van der Waals surface area contributed by atoms with Crippen molar-refractivity contribution < 1.29 is 8.42 Å². The smallest absolute Gasteiger partial charge is 0.216 e. The fraction of sp³-hybridized carbons (Fsp3) is 0.643. The van der Waals surface area contributed by atoms with E-state index in [-0.39, 0.29) is 11.3 Å². The molecule has 5 nitrogen and oxygen atoms in total. The molecule has 0 bridgehead atoms. The first-order chi connectivity index (χ1) is 10.00. The Balaban J connectivity index is 1.64. The Hall–Kier alpha value is -0.660. The van der Waals surface area contributed by atoms with Crippen LogP contribution in [0.2, 0.25) is 0 Å². The number of pyridine rings is 1. The van der Waals surface area contributed by atoms with Crippen LogP contribution in [-0.2, 0) is 10.0 Å². The Morgan fingerprint density at radius 1 is 1.29 bits per heavy atom. The van der Waals surface area contributed by atoms with Gasteiger partial charge < -0.3 is 4.90 Å². The number of hydrogen-bond donors (Lipinski definition) is 0. The fourth-order valence-electron chi connectivity index (χ4n) is 2.86. The van der Waals surface area contributed by atoms with E-state index in [1.807, 2.05) is 12.1 Å². The molecule has 7 heteroatoms. The van der Waals surface area contributed by atoms with Gasteiger partial charge in [-0.1, -0.05) is 0 Å². The summed E-state index contributed by atoms with van der Waals surface area (Å²) in [5.41, 5.74) is 0. The lowest BCUT2D eigenvalue weighted by Crippen LogP contribution is -2.46. The van der Waals surface area contributed by atoms with Gasteiger partial charge in [-0.05, 0) is 53.7 Å². The molecule has 0 aromatic carbocycles. The lowest BCUT2D eigenvalue weighted by atomic mass is 10.1. The summed E-state index contributed by atoms with van der Waals surface area (Å²) >= 11 is 3.52. The lowest BCUT2D eigenvalue weighted by molar-refractivity contribution is 0.311. The van der Waals surface area contributed by atoms with Crippen LogP contribution in [0.4, 0.5) is 5.82 Å². The Bertz CT molecular complexity index is 610. The van der Waals surface area contributed by atoms with Crippen molar-refractivity contribution >= 4 is 31.8 Å². The maximum atomic E-state index is 12.3. The van der Waals surface area contributed by atoms with Gasteiger partial charge in [-0.3, -0.25) is 0 Å². The molecule has 2 heterocycles. The van der Waals surface area contributed by atoms with Gasteiger partial charge in [0.25, 0.3) is 0 Å². The summed E-state index contributed by atoms with van der Waals surface area (Å²) < 4.78 is 27.2. The first-order valence-corrected chi connectivity index (χ1v) is 9.62. The van der Waals surface area contributed by atoms with E-state index in [9.17, 15) is 8.42 Å². The van der Waals surface area contributed by atoms with Crippen molar-refractivity contribution in [3.05, 3.63) is 22.8 Å². The quantitative estimate of drug-likeness (QED) is 0.811. The summed E-state index contributed by atoms with van der Waals surface area (Å²) in [6.45, 7) is 1.68. The van der Waals surface area contributed by atoms with E-state index in [4.69, 9.17) is 0 Å². The molecule has 1 aromatic heterocycles. The largest absolute Gasteiger partial charge is 0.356 e. The molecule has 1 aliphatic heterocycles. The van der Waals surface area contributed by atoms with Crippen molar-refractivity contribution in [3.63, 3.8) is 0 Å².